The number of carboxylic acids is 1. The van der Waals surface area contributed by atoms with Crippen LogP contribution in [0.2, 0.25) is 5.02 Å². The maximum Gasteiger partial charge on any atom is 0.307 e. The summed E-state index contributed by atoms with van der Waals surface area (Å²) in [7, 11) is 0. The molecular weight excluding hydrogens is 298 g/mol. The van der Waals surface area contributed by atoms with Crippen molar-refractivity contribution in [3.63, 3.8) is 0 Å². The van der Waals surface area contributed by atoms with Gasteiger partial charge in [-0.2, -0.15) is 0 Å². The number of halogens is 1. The third-order valence-electron chi connectivity index (χ3n) is 2.93. The lowest BCUT2D eigenvalue weighted by molar-refractivity contribution is -0.137. The van der Waals surface area contributed by atoms with Crippen molar-refractivity contribution in [1.82, 2.24) is 4.57 Å². The predicted molar refractivity (Wildman–Crippen MR) is 80.6 cm³/mol. The molecule has 2 aromatic rings. The molecule has 1 heterocycles. The van der Waals surface area contributed by atoms with E-state index in [-0.39, 0.29) is 11.3 Å². The number of hydrogen-bond acceptors (Lipinski definition) is 3. The number of aliphatic carboxylic acids is 1. The Balaban J connectivity index is 2.37. The van der Waals surface area contributed by atoms with Crippen LogP contribution in [0.3, 0.4) is 0 Å². The van der Waals surface area contributed by atoms with Gasteiger partial charge in [-0.05, 0) is 25.5 Å². The highest BCUT2D eigenvalue weighted by molar-refractivity contribution is 7.09. The van der Waals surface area contributed by atoms with E-state index in [4.69, 9.17) is 16.7 Å². The summed E-state index contributed by atoms with van der Waals surface area (Å²) in [5.41, 5.74) is 1.71. The van der Waals surface area contributed by atoms with Crippen LogP contribution in [0.5, 0.6) is 0 Å². The van der Waals surface area contributed by atoms with Crippen LogP contribution in [0.25, 0.3) is 11.3 Å². The van der Waals surface area contributed by atoms with Crippen LogP contribution in [0.4, 0.5) is 0 Å². The van der Waals surface area contributed by atoms with Crippen molar-refractivity contribution in [2.24, 2.45) is 0 Å². The van der Waals surface area contributed by atoms with Gasteiger partial charge in [0.1, 0.15) is 0 Å². The second kappa shape index (κ2) is 6.24. The summed E-state index contributed by atoms with van der Waals surface area (Å²) in [6.45, 7) is 2.29. The third-order valence-corrected chi connectivity index (χ3v) is 4.06. The molecule has 0 saturated carbocycles. The molecule has 0 unspecified atom stereocenters. The van der Waals surface area contributed by atoms with Crippen LogP contribution in [-0.2, 0) is 11.3 Å². The molecule has 1 N–H and O–H groups in total. The van der Waals surface area contributed by atoms with Gasteiger partial charge in [0, 0.05) is 28.4 Å². The monoisotopic (exact) mass is 311 g/mol. The Morgan fingerprint density at radius 1 is 1.45 bits per heavy atom. The lowest BCUT2D eigenvalue weighted by Crippen LogP contribution is -2.15. The van der Waals surface area contributed by atoms with Crippen LogP contribution < -0.4 is 4.87 Å². The number of carbonyl (C=O) groups is 1. The van der Waals surface area contributed by atoms with Gasteiger partial charge in [0.05, 0.1) is 5.69 Å². The summed E-state index contributed by atoms with van der Waals surface area (Å²) in [6.07, 6.45) is 0.481. The van der Waals surface area contributed by atoms with Gasteiger partial charge in [0.15, 0.2) is 0 Å². The van der Waals surface area contributed by atoms with Gasteiger partial charge in [0.25, 0.3) is 0 Å². The second-order valence-electron chi connectivity index (χ2n) is 4.43. The Hall–Kier alpha value is -1.59. The van der Waals surface area contributed by atoms with Crippen LogP contribution >= 0.6 is 22.9 Å². The van der Waals surface area contributed by atoms with E-state index in [0.29, 0.717) is 18.0 Å². The number of aryl methyl sites for hydroxylation is 1. The molecule has 0 spiro atoms. The molecule has 0 amide bonds. The zero-order chi connectivity index (χ0) is 14.7. The highest BCUT2D eigenvalue weighted by atomic mass is 35.5. The normalized spacial score (nSPS) is 10.7. The molecule has 0 aliphatic heterocycles. The largest absolute Gasteiger partial charge is 0.481 e. The Bertz CT molecular complexity index is 690. The summed E-state index contributed by atoms with van der Waals surface area (Å²) in [5.74, 6) is -0.852. The summed E-state index contributed by atoms with van der Waals surface area (Å²) >= 11 is 7.16. The molecule has 6 heteroatoms. The molecule has 0 atom stereocenters. The number of benzene rings is 1. The number of rotatable bonds is 5. The van der Waals surface area contributed by atoms with Crippen molar-refractivity contribution in [3.8, 4) is 11.3 Å². The fourth-order valence-electron chi connectivity index (χ4n) is 2.10. The van der Waals surface area contributed by atoms with Gasteiger partial charge in [-0.25, -0.2) is 0 Å². The van der Waals surface area contributed by atoms with Crippen molar-refractivity contribution in [2.45, 2.75) is 26.3 Å². The van der Waals surface area contributed by atoms with E-state index < -0.39 is 5.97 Å². The molecular formula is C14H14ClNO3S. The minimum Gasteiger partial charge on any atom is -0.481 e. The molecule has 1 aromatic heterocycles. The van der Waals surface area contributed by atoms with E-state index >= 15 is 0 Å². The first kappa shape index (κ1) is 14.8. The smallest absolute Gasteiger partial charge is 0.307 e. The van der Waals surface area contributed by atoms with Crippen LogP contribution in [0.15, 0.2) is 29.1 Å². The predicted octanol–water partition coefficient (Wildman–Crippen LogP) is 3.40. The SMILES string of the molecule is Cc1sc(=O)n(CCCC(=O)O)c1-c1cccc(Cl)c1. The average molecular weight is 312 g/mol. The van der Waals surface area contributed by atoms with Crippen LogP contribution in [0.1, 0.15) is 17.7 Å². The molecule has 0 aliphatic carbocycles. The van der Waals surface area contributed by atoms with Gasteiger partial charge in [0.2, 0.25) is 0 Å². The van der Waals surface area contributed by atoms with Crippen molar-refractivity contribution in [2.75, 3.05) is 0 Å². The van der Waals surface area contributed by atoms with Gasteiger partial charge < -0.3 is 5.11 Å². The number of thiazole rings is 1. The Morgan fingerprint density at radius 2 is 2.20 bits per heavy atom. The molecule has 20 heavy (non-hydrogen) atoms. The maximum absolute atomic E-state index is 12.0. The molecule has 0 saturated heterocycles. The highest BCUT2D eigenvalue weighted by Crippen LogP contribution is 2.27. The minimum absolute atomic E-state index is 0.0519. The van der Waals surface area contributed by atoms with Crippen molar-refractivity contribution in [3.05, 3.63) is 43.8 Å². The fraction of sp³-hybridized carbons (Fsp3) is 0.286. The van der Waals surface area contributed by atoms with E-state index in [1.165, 1.54) is 11.3 Å². The molecule has 0 aliphatic rings. The quantitative estimate of drug-likeness (QED) is 0.920. The van der Waals surface area contributed by atoms with Crippen molar-refractivity contribution >= 4 is 28.9 Å². The third kappa shape index (κ3) is 3.29. The fourth-order valence-corrected chi connectivity index (χ4v) is 3.17. The first-order valence-corrected chi connectivity index (χ1v) is 7.36. The Morgan fingerprint density at radius 3 is 2.85 bits per heavy atom. The highest BCUT2D eigenvalue weighted by Gasteiger charge is 2.14. The first-order chi connectivity index (χ1) is 9.49. The van der Waals surface area contributed by atoms with Crippen LogP contribution in [0, 0.1) is 6.92 Å². The summed E-state index contributed by atoms with van der Waals surface area (Å²) in [4.78, 5) is 23.4. The van der Waals surface area contributed by atoms with Gasteiger partial charge in [-0.3, -0.25) is 14.2 Å². The van der Waals surface area contributed by atoms with E-state index in [2.05, 4.69) is 0 Å². The van der Waals surface area contributed by atoms with Crippen molar-refractivity contribution < 1.29 is 9.90 Å². The summed E-state index contributed by atoms with van der Waals surface area (Å²) < 4.78 is 1.63. The van der Waals surface area contributed by atoms with E-state index in [1.54, 1.807) is 10.6 Å². The van der Waals surface area contributed by atoms with Crippen molar-refractivity contribution in [1.29, 1.82) is 0 Å². The van der Waals surface area contributed by atoms with E-state index in [1.807, 2.05) is 25.1 Å². The molecule has 0 radical (unpaired) electrons. The minimum atomic E-state index is -0.852. The van der Waals surface area contributed by atoms with Gasteiger partial charge in [-0.15, -0.1) is 0 Å². The number of aromatic nitrogens is 1. The molecule has 106 valence electrons. The zero-order valence-electron chi connectivity index (χ0n) is 10.9. The molecule has 0 fully saturated rings. The number of hydrogen-bond donors (Lipinski definition) is 1. The first-order valence-electron chi connectivity index (χ1n) is 6.17. The number of carboxylic acid groups (broad SMARTS) is 1. The van der Waals surface area contributed by atoms with Crippen LogP contribution in [-0.4, -0.2) is 15.6 Å². The molecule has 0 bridgehead atoms. The lowest BCUT2D eigenvalue weighted by Gasteiger charge is -2.08. The topological polar surface area (TPSA) is 59.3 Å². The Kier molecular flexibility index (Phi) is 4.62. The average Bonchev–Trinajstić information content (AvgIpc) is 2.64. The summed E-state index contributed by atoms with van der Waals surface area (Å²) in [5, 5.41) is 9.30. The molecule has 1 aromatic carbocycles. The maximum atomic E-state index is 12.0. The second-order valence-corrected chi connectivity index (χ2v) is 6.03. The number of nitrogens with zero attached hydrogens (tertiary/aromatic N) is 1. The lowest BCUT2D eigenvalue weighted by atomic mass is 10.1. The standard InChI is InChI=1S/C14H14ClNO3S/c1-9-13(10-4-2-5-11(15)8-10)16(14(19)20-9)7-3-6-12(17)18/h2,4-5,8H,3,6-7H2,1H3,(H,17,18). The molecule has 4 nitrogen and oxygen atoms in total. The molecule has 2 rings (SSSR count). The van der Waals surface area contributed by atoms with Gasteiger partial charge in [-0.1, -0.05) is 35.1 Å². The van der Waals surface area contributed by atoms with E-state index in [9.17, 15) is 9.59 Å². The van der Waals surface area contributed by atoms with Gasteiger partial charge >= 0.3 is 10.8 Å². The summed E-state index contributed by atoms with van der Waals surface area (Å²) in [6, 6.07) is 7.32. The Labute approximate surface area is 125 Å². The van der Waals surface area contributed by atoms with E-state index in [0.717, 1.165) is 16.1 Å². The zero-order valence-corrected chi connectivity index (χ0v) is 12.5.